The van der Waals surface area contributed by atoms with Crippen LogP contribution in [-0.4, -0.2) is 45.8 Å². The first-order chi connectivity index (χ1) is 14.9. The van der Waals surface area contributed by atoms with Crippen LogP contribution in [0.1, 0.15) is 23.1 Å². The van der Waals surface area contributed by atoms with Crippen LogP contribution in [0.4, 0.5) is 5.69 Å². The summed E-state index contributed by atoms with van der Waals surface area (Å²) < 4.78 is 10.9. The Kier molecular flexibility index (Phi) is 10.1. The van der Waals surface area contributed by atoms with Crippen molar-refractivity contribution in [2.24, 2.45) is 4.99 Å². The van der Waals surface area contributed by atoms with Crippen molar-refractivity contribution in [3.63, 3.8) is 0 Å². The van der Waals surface area contributed by atoms with E-state index >= 15 is 0 Å². The third-order valence-corrected chi connectivity index (χ3v) is 4.79. The number of ether oxygens (including phenoxy) is 2. The number of anilines is 1. The first-order valence-electron chi connectivity index (χ1n) is 10.1. The number of nitrogens with zero attached hydrogens (tertiary/aromatic N) is 1. The van der Waals surface area contributed by atoms with Gasteiger partial charge in [-0.2, -0.15) is 0 Å². The Morgan fingerprint density at radius 3 is 2.52 bits per heavy atom. The minimum Gasteiger partial charge on any atom is -0.491 e. The second-order valence-electron chi connectivity index (χ2n) is 7.09. The Morgan fingerprint density at radius 2 is 1.81 bits per heavy atom. The number of aliphatic imine (C=N–C) groups is 1. The fraction of sp³-hybridized carbons (Fsp3) is 0.391. The van der Waals surface area contributed by atoms with E-state index < -0.39 is 0 Å². The highest BCUT2D eigenvalue weighted by Gasteiger charge is 2.08. The van der Waals surface area contributed by atoms with Gasteiger partial charge in [-0.05, 0) is 43.2 Å². The molecule has 0 radical (unpaired) electrons. The molecule has 3 N–H and O–H groups in total. The molecule has 2 aromatic carbocycles. The van der Waals surface area contributed by atoms with Gasteiger partial charge in [0.25, 0.3) is 0 Å². The highest BCUT2D eigenvalue weighted by molar-refractivity contribution is 6.33. The van der Waals surface area contributed by atoms with Crippen molar-refractivity contribution in [3.8, 4) is 5.75 Å². The summed E-state index contributed by atoms with van der Waals surface area (Å²) in [4.78, 5) is 16.4. The van der Waals surface area contributed by atoms with Gasteiger partial charge in [-0.3, -0.25) is 9.79 Å². The van der Waals surface area contributed by atoms with E-state index in [0.29, 0.717) is 43.0 Å². The first-order valence-corrected chi connectivity index (χ1v) is 10.5. The van der Waals surface area contributed by atoms with Gasteiger partial charge in [-0.15, -0.1) is 0 Å². The second-order valence-corrected chi connectivity index (χ2v) is 7.49. The fourth-order valence-corrected chi connectivity index (χ4v) is 3.09. The summed E-state index contributed by atoms with van der Waals surface area (Å²) >= 11 is 6.17. The third-order valence-electron chi connectivity index (χ3n) is 4.48. The number of amides is 1. The average molecular weight is 447 g/mol. The van der Waals surface area contributed by atoms with Gasteiger partial charge >= 0.3 is 0 Å². The zero-order valence-corrected chi connectivity index (χ0v) is 19.3. The van der Waals surface area contributed by atoms with Gasteiger partial charge in [0.05, 0.1) is 17.3 Å². The molecule has 0 aromatic heterocycles. The molecule has 1 amide bonds. The number of aryl methyl sites for hydroxylation is 2. The standard InChI is InChI=1S/C23H31ClN4O3/c1-16-6-8-20(19(24)13-16)28-22(29)9-10-26-23(25-3)27-15-18-7-5-17(2)14-21(18)31-12-11-30-4/h5-8,13-14H,9-12,15H2,1-4H3,(H,28,29)(H2,25,26,27). The van der Waals surface area contributed by atoms with Crippen molar-refractivity contribution < 1.29 is 14.3 Å². The van der Waals surface area contributed by atoms with Crippen LogP contribution >= 0.6 is 11.6 Å². The van der Waals surface area contributed by atoms with Crippen LogP contribution in [0.5, 0.6) is 5.75 Å². The number of hydrogen-bond acceptors (Lipinski definition) is 4. The smallest absolute Gasteiger partial charge is 0.226 e. The molecular formula is C23H31ClN4O3. The molecule has 0 spiro atoms. The summed E-state index contributed by atoms with van der Waals surface area (Å²) in [5, 5.41) is 9.75. The largest absolute Gasteiger partial charge is 0.491 e. The number of halogens is 1. The molecule has 0 fully saturated rings. The zero-order valence-electron chi connectivity index (χ0n) is 18.5. The minimum absolute atomic E-state index is 0.124. The molecule has 0 aliphatic heterocycles. The lowest BCUT2D eigenvalue weighted by atomic mass is 10.1. The average Bonchev–Trinajstić information content (AvgIpc) is 2.74. The molecular weight excluding hydrogens is 416 g/mol. The lowest BCUT2D eigenvalue weighted by Crippen LogP contribution is -2.38. The summed E-state index contributed by atoms with van der Waals surface area (Å²) in [7, 11) is 3.33. The molecule has 31 heavy (non-hydrogen) atoms. The van der Waals surface area contributed by atoms with Crippen LogP contribution in [0, 0.1) is 13.8 Å². The van der Waals surface area contributed by atoms with Crippen molar-refractivity contribution in [2.45, 2.75) is 26.8 Å². The Hall–Kier alpha value is -2.77. The summed E-state index contributed by atoms with van der Waals surface area (Å²) in [6.07, 6.45) is 0.279. The number of benzene rings is 2. The van der Waals surface area contributed by atoms with Gasteiger partial charge in [0, 0.05) is 39.2 Å². The van der Waals surface area contributed by atoms with Crippen molar-refractivity contribution in [1.29, 1.82) is 0 Å². The van der Waals surface area contributed by atoms with Crippen LogP contribution in [0.15, 0.2) is 41.4 Å². The van der Waals surface area contributed by atoms with E-state index in [1.165, 1.54) is 0 Å². The highest BCUT2D eigenvalue weighted by Crippen LogP contribution is 2.23. The van der Waals surface area contributed by atoms with Crippen molar-refractivity contribution in [3.05, 3.63) is 58.1 Å². The summed E-state index contributed by atoms with van der Waals surface area (Å²) in [6.45, 7) is 5.95. The number of nitrogens with one attached hydrogen (secondary N) is 3. The number of carbonyl (C=O) groups excluding carboxylic acids is 1. The van der Waals surface area contributed by atoms with Crippen LogP contribution in [0.25, 0.3) is 0 Å². The topological polar surface area (TPSA) is 84.0 Å². The molecule has 0 saturated carbocycles. The molecule has 0 aliphatic carbocycles. The molecule has 8 heteroatoms. The molecule has 0 unspecified atom stereocenters. The maximum Gasteiger partial charge on any atom is 0.226 e. The van der Waals surface area contributed by atoms with E-state index in [0.717, 1.165) is 22.4 Å². The summed E-state index contributed by atoms with van der Waals surface area (Å²) in [5.41, 5.74) is 3.79. The molecule has 0 saturated heterocycles. The van der Waals surface area contributed by atoms with E-state index in [1.54, 1.807) is 20.2 Å². The Morgan fingerprint density at radius 1 is 1.06 bits per heavy atom. The number of carbonyl (C=O) groups is 1. The van der Waals surface area contributed by atoms with Crippen LogP contribution < -0.4 is 20.7 Å². The van der Waals surface area contributed by atoms with E-state index in [9.17, 15) is 4.79 Å². The van der Waals surface area contributed by atoms with Gasteiger partial charge in [-0.25, -0.2) is 0 Å². The molecule has 0 bridgehead atoms. The molecule has 0 heterocycles. The van der Waals surface area contributed by atoms with Crippen LogP contribution in [0.3, 0.4) is 0 Å². The zero-order chi connectivity index (χ0) is 22.6. The lowest BCUT2D eigenvalue weighted by molar-refractivity contribution is -0.116. The van der Waals surface area contributed by atoms with Crippen LogP contribution in [0.2, 0.25) is 5.02 Å². The van der Waals surface area contributed by atoms with Crippen LogP contribution in [-0.2, 0) is 16.1 Å². The number of guanidine groups is 1. The SMILES string of the molecule is CN=C(NCCC(=O)Nc1ccc(C)cc1Cl)NCc1ccc(C)cc1OCCOC. The third kappa shape index (κ3) is 8.47. The summed E-state index contributed by atoms with van der Waals surface area (Å²) in [6, 6.07) is 11.6. The van der Waals surface area contributed by atoms with Gasteiger partial charge in [0.15, 0.2) is 5.96 Å². The molecule has 2 aromatic rings. The highest BCUT2D eigenvalue weighted by atomic mass is 35.5. The predicted molar refractivity (Wildman–Crippen MR) is 126 cm³/mol. The van der Waals surface area contributed by atoms with Crippen molar-refractivity contribution >= 4 is 29.2 Å². The quantitative estimate of drug-likeness (QED) is 0.294. The normalized spacial score (nSPS) is 11.2. The van der Waals surface area contributed by atoms with E-state index in [2.05, 4.69) is 20.9 Å². The number of hydrogen-bond donors (Lipinski definition) is 3. The van der Waals surface area contributed by atoms with E-state index in [-0.39, 0.29) is 12.3 Å². The second kappa shape index (κ2) is 12.8. The Bertz CT molecular complexity index is 902. The maximum absolute atomic E-state index is 12.2. The molecule has 2 rings (SSSR count). The molecule has 0 aliphatic rings. The summed E-state index contributed by atoms with van der Waals surface area (Å²) in [5.74, 6) is 1.29. The first kappa shape index (κ1) is 24.5. The van der Waals surface area contributed by atoms with Gasteiger partial charge < -0.3 is 25.4 Å². The fourth-order valence-electron chi connectivity index (χ4n) is 2.81. The predicted octanol–water partition coefficient (Wildman–Crippen LogP) is 3.68. The van der Waals surface area contributed by atoms with Gasteiger partial charge in [0.1, 0.15) is 12.4 Å². The number of methoxy groups -OCH3 is 1. The van der Waals surface area contributed by atoms with Crippen molar-refractivity contribution in [1.82, 2.24) is 10.6 Å². The van der Waals surface area contributed by atoms with E-state index in [4.69, 9.17) is 21.1 Å². The molecule has 0 atom stereocenters. The Balaban J connectivity index is 1.81. The molecule has 7 nitrogen and oxygen atoms in total. The monoisotopic (exact) mass is 446 g/mol. The van der Waals surface area contributed by atoms with E-state index in [1.807, 2.05) is 44.2 Å². The maximum atomic E-state index is 12.2. The van der Waals surface area contributed by atoms with Gasteiger partial charge in [0.2, 0.25) is 5.91 Å². The number of rotatable bonds is 10. The minimum atomic E-state index is -0.124. The van der Waals surface area contributed by atoms with Crippen molar-refractivity contribution in [2.75, 3.05) is 39.2 Å². The Labute approximate surface area is 189 Å². The molecule has 168 valence electrons. The lowest BCUT2D eigenvalue weighted by Gasteiger charge is -2.15. The van der Waals surface area contributed by atoms with Gasteiger partial charge in [-0.1, -0.05) is 29.8 Å².